The predicted octanol–water partition coefficient (Wildman–Crippen LogP) is 1.33. The van der Waals surface area contributed by atoms with Gasteiger partial charge in [0, 0.05) is 18.9 Å². The number of carbonyl (C=O) groups is 1. The zero-order chi connectivity index (χ0) is 9.19. The first kappa shape index (κ1) is 9.16. The maximum Gasteiger partial charge on any atom is 0.251 e. The summed E-state index contributed by atoms with van der Waals surface area (Å²) >= 11 is 0. The monoisotopic (exact) mass is 175 g/mol. The molecule has 0 aromatic heterocycles. The molecule has 68 valence electrons. The first-order chi connectivity index (χ1) is 5.56. The van der Waals surface area contributed by atoms with E-state index in [4.69, 9.17) is 0 Å². The zero-order valence-corrected chi connectivity index (χ0v) is 6.65. The molecule has 1 rings (SSSR count). The second-order valence-electron chi connectivity index (χ2n) is 2.95. The summed E-state index contributed by atoms with van der Waals surface area (Å²) in [6.45, 7) is 3.55. The van der Waals surface area contributed by atoms with Gasteiger partial charge in [-0.1, -0.05) is 6.58 Å². The molecule has 1 fully saturated rings. The molecule has 2 nitrogen and oxygen atoms in total. The molecule has 1 saturated carbocycles. The van der Waals surface area contributed by atoms with Crippen molar-refractivity contribution in [3.05, 3.63) is 12.7 Å². The number of hydrogen-bond acceptors (Lipinski definition) is 1. The standard InChI is InChI=1S/C8H11F2NO/c1-2-7(12)11-4-3-6-5-8(6,9)10/h2,6H,1,3-5H2,(H,11,12). The van der Waals surface area contributed by atoms with Crippen LogP contribution >= 0.6 is 0 Å². The van der Waals surface area contributed by atoms with Crippen molar-refractivity contribution in [2.75, 3.05) is 6.54 Å². The number of nitrogens with one attached hydrogen (secondary N) is 1. The fourth-order valence-electron chi connectivity index (χ4n) is 1.02. The minimum Gasteiger partial charge on any atom is -0.353 e. The minimum absolute atomic E-state index is 0.0308. The Bertz CT molecular complexity index is 203. The van der Waals surface area contributed by atoms with E-state index in [-0.39, 0.29) is 12.3 Å². The minimum atomic E-state index is -2.47. The summed E-state index contributed by atoms with van der Waals surface area (Å²) in [7, 11) is 0. The predicted molar refractivity (Wildman–Crippen MR) is 40.9 cm³/mol. The van der Waals surface area contributed by atoms with E-state index in [2.05, 4.69) is 11.9 Å². The van der Waals surface area contributed by atoms with Crippen LogP contribution in [0.4, 0.5) is 8.78 Å². The Balaban J connectivity index is 2.05. The Morgan fingerprint density at radius 3 is 2.75 bits per heavy atom. The average molecular weight is 175 g/mol. The average Bonchev–Trinajstić information content (AvgIpc) is 2.59. The smallest absolute Gasteiger partial charge is 0.251 e. The SMILES string of the molecule is C=CC(=O)NCCC1CC1(F)F. The Kier molecular flexibility index (Phi) is 2.45. The quantitative estimate of drug-likeness (QED) is 0.642. The molecule has 0 heterocycles. The van der Waals surface area contributed by atoms with Gasteiger partial charge in [-0.2, -0.15) is 0 Å². The molecule has 1 aliphatic rings. The summed E-state index contributed by atoms with van der Waals surface area (Å²) in [5.41, 5.74) is 0. The van der Waals surface area contributed by atoms with Crippen LogP contribution in [0.5, 0.6) is 0 Å². The van der Waals surface area contributed by atoms with Crippen LogP contribution in [0.2, 0.25) is 0 Å². The van der Waals surface area contributed by atoms with E-state index in [1.54, 1.807) is 0 Å². The van der Waals surface area contributed by atoms with E-state index in [0.717, 1.165) is 6.08 Å². The van der Waals surface area contributed by atoms with E-state index < -0.39 is 11.8 Å². The molecule has 1 atom stereocenters. The van der Waals surface area contributed by atoms with Gasteiger partial charge < -0.3 is 5.32 Å². The van der Waals surface area contributed by atoms with Gasteiger partial charge in [0.1, 0.15) is 0 Å². The summed E-state index contributed by atoms with van der Waals surface area (Å²) in [5, 5.41) is 2.45. The molecular formula is C8H11F2NO. The highest BCUT2D eigenvalue weighted by Crippen LogP contribution is 2.50. The summed E-state index contributed by atoms with van der Waals surface area (Å²) in [6, 6.07) is 0. The maximum atomic E-state index is 12.3. The lowest BCUT2D eigenvalue weighted by molar-refractivity contribution is -0.116. The van der Waals surface area contributed by atoms with Crippen LogP contribution < -0.4 is 5.32 Å². The lowest BCUT2D eigenvalue weighted by Gasteiger charge is -2.00. The third kappa shape index (κ3) is 2.29. The molecular weight excluding hydrogens is 164 g/mol. The molecule has 0 saturated heterocycles. The highest BCUT2D eigenvalue weighted by molar-refractivity contribution is 5.86. The van der Waals surface area contributed by atoms with Gasteiger partial charge in [0.2, 0.25) is 5.91 Å². The largest absolute Gasteiger partial charge is 0.353 e. The number of hydrogen-bond donors (Lipinski definition) is 1. The van der Waals surface area contributed by atoms with Crippen LogP contribution in [-0.2, 0) is 4.79 Å². The van der Waals surface area contributed by atoms with Crippen LogP contribution in [0.1, 0.15) is 12.8 Å². The van der Waals surface area contributed by atoms with E-state index in [1.165, 1.54) is 0 Å². The van der Waals surface area contributed by atoms with Crippen molar-refractivity contribution in [1.29, 1.82) is 0 Å². The molecule has 12 heavy (non-hydrogen) atoms. The first-order valence-electron chi connectivity index (χ1n) is 3.84. The number of rotatable bonds is 4. The fourth-order valence-corrected chi connectivity index (χ4v) is 1.02. The van der Waals surface area contributed by atoms with E-state index in [0.29, 0.717) is 13.0 Å². The highest BCUT2D eigenvalue weighted by atomic mass is 19.3. The molecule has 0 aromatic carbocycles. The van der Waals surface area contributed by atoms with Gasteiger partial charge in [-0.25, -0.2) is 8.78 Å². The molecule has 0 bridgehead atoms. The Hall–Kier alpha value is -0.930. The summed E-state index contributed by atoms with van der Waals surface area (Å²) in [6.07, 6.45) is 1.45. The highest BCUT2D eigenvalue weighted by Gasteiger charge is 2.55. The van der Waals surface area contributed by atoms with Crippen molar-refractivity contribution in [1.82, 2.24) is 5.32 Å². The van der Waals surface area contributed by atoms with Gasteiger partial charge in [-0.15, -0.1) is 0 Å². The van der Waals surface area contributed by atoms with Crippen LogP contribution in [-0.4, -0.2) is 18.4 Å². The van der Waals surface area contributed by atoms with Crippen molar-refractivity contribution >= 4 is 5.91 Å². The van der Waals surface area contributed by atoms with E-state index >= 15 is 0 Å². The van der Waals surface area contributed by atoms with Crippen LogP contribution in [0.15, 0.2) is 12.7 Å². The lowest BCUT2D eigenvalue weighted by Crippen LogP contribution is -2.22. The molecule has 0 aliphatic heterocycles. The number of alkyl halides is 2. The van der Waals surface area contributed by atoms with Gasteiger partial charge in [0.05, 0.1) is 0 Å². The normalized spacial score (nSPS) is 24.7. The maximum absolute atomic E-state index is 12.3. The molecule has 1 N–H and O–H groups in total. The Morgan fingerprint density at radius 1 is 1.75 bits per heavy atom. The lowest BCUT2D eigenvalue weighted by atomic mass is 10.3. The molecule has 0 spiro atoms. The van der Waals surface area contributed by atoms with Crippen molar-refractivity contribution in [3.8, 4) is 0 Å². The summed E-state index contributed by atoms with van der Waals surface area (Å²) in [5.74, 6) is -3.31. The second-order valence-corrected chi connectivity index (χ2v) is 2.95. The molecule has 1 amide bonds. The molecule has 0 aromatic rings. The Labute approximate surface area is 69.6 Å². The zero-order valence-electron chi connectivity index (χ0n) is 6.65. The fraction of sp³-hybridized carbons (Fsp3) is 0.625. The van der Waals surface area contributed by atoms with Gasteiger partial charge in [0.25, 0.3) is 5.92 Å². The molecule has 4 heteroatoms. The number of carbonyl (C=O) groups excluding carboxylic acids is 1. The second kappa shape index (κ2) is 3.21. The van der Waals surface area contributed by atoms with Gasteiger partial charge in [0.15, 0.2) is 0 Å². The molecule has 1 unspecified atom stereocenters. The van der Waals surface area contributed by atoms with Crippen LogP contribution in [0.3, 0.4) is 0 Å². The van der Waals surface area contributed by atoms with E-state index in [9.17, 15) is 13.6 Å². The van der Waals surface area contributed by atoms with E-state index in [1.807, 2.05) is 0 Å². The van der Waals surface area contributed by atoms with Crippen LogP contribution in [0, 0.1) is 5.92 Å². The number of halogens is 2. The third-order valence-electron chi connectivity index (χ3n) is 1.93. The van der Waals surface area contributed by atoms with Gasteiger partial charge in [-0.3, -0.25) is 4.79 Å². The Morgan fingerprint density at radius 2 is 2.33 bits per heavy atom. The van der Waals surface area contributed by atoms with Gasteiger partial charge >= 0.3 is 0 Å². The number of amides is 1. The van der Waals surface area contributed by atoms with Crippen molar-refractivity contribution < 1.29 is 13.6 Å². The van der Waals surface area contributed by atoms with Crippen LogP contribution in [0.25, 0.3) is 0 Å². The summed E-state index contributed by atoms with van der Waals surface area (Å²) in [4.78, 5) is 10.6. The first-order valence-corrected chi connectivity index (χ1v) is 3.84. The molecule has 1 aliphatic carbocycles. The third-order valence-corrected chi connectivity index (χ3v) is 1.93. The molecule has 0 radical (unpaired) electrons. The van der Waals surface area contributed by atoms with Gasteiger partial charge in [-0.05, 0) is 12.5 Å². The van der Waals surface area contributed by atoms with Crippen molar-refractivity contribution in [2.45, 2.75) is 18.8 Å². The van der Waals surface area contributed by atoms with Crippen molar-refractivity contribution in [2.24, 2.45) is 5.92 Å². The summed E-state index contributed by atoms with van der Waals surface area (Å²) < 4.78 is 24.5. The van der Waals surface area contributed by atoms with Crippen molar-refractivity contribution in [3.63, 3.8) is 0 Å². The topological polar surface area (TPSA) is 29.1 Å².